The summed E-state index contributed by atoms with van der Waals surface area (Å²) in [7, 11) is -3.99. The summed E-state index contributed by atoms with van der Waals surface area (Å²) in [6.07, 6.45) is 1.90. The molecule has 1 aromatic rings. The van der Waals surface area contributed by atoms with Crippen molar-refractivity contribution in [3.8, 4) is 0 Å². The molecule has 0 atom stereocenters. The van der Waals surface area contributed by atoms with Crippen molar-refractivity contribution in [1.82, 2.24) is 5.32 Å². The molecule has 8 heteroatoms. The number of nitrogens with one attached hydrogen (secondary N) is 1. The third-order valence-corrected chi connectivity index (χ3v) is 5.17. The molecule has 0 fully saturated rings. The lowest BCUT2D eigenvalue weighted by Crippen LogP contribution is -2.29. The molecule has 0 aliphatic carbocycles. The quantitative estimate of drug-likeness (QED) is 0.773. The predicted octanol–water partition coefficient (Wildman–Crippen LogP) is 2.92. The van der Waals surface area contributed by atoms with Gasteiger partial charge in [0.1, 0.15) is 4.90 Å². The molecule has 0 spiro atoms. The molecule has 118 valence electrons. The van der Waals surface area contributed by atoms with E-state index in [9.17, 15) is 13.2 Å². The van der Waals surface area contributed by atoms with Crippen LogP contribution in [0.4, 0.5) is 0 Å². The van der Waals surface area contributed by atoms with Crippen LogP contribution in [-0.2, 0) is 10.0 Å². The van der Waals surface area contributed by atoms with E-state index in [0.717, 1.165) is 12.8 Å². The predicted molar refractivity (Wildman–Crippen MR) is 86.9 cm³/mol. The first kappa shape index (κ1) is 18.4. The molecular weight excluding hydrogens is 380 g/mol. The highest BCUT2D eigenvalue weighted by Gasteiger charge is 2.21. The lowest BCUT2D eigenvalue weighted by Gasteiger charge is -2.14. The third-order valence-electron chi connectivity index (χ3n) is 3.26. The van der Waals surface area contributed by atoms with E-state index in [-0.39, 0.29) is 15.5 Å². The van der Waals surface area contributed by atoms with Crippen LogP contribution in [0.25, 0.3) is 0 Å². The highest BCUT2D eigenvalue weighted by atomic mass is 79.9. The lowest BCUT2D eigenvalue weighted by atomic mass is 10.0. The fourth-order valence-corrected chi connectivity index (χ4v) is 3.62. The number of amides is 1. The Balaban J connectivity index is 3.08. The molecule has 21 heavy (non-hydrogen) atoms. The summed E-state index contributed by atoms with van der Waals surface area (Å²) >= 11 is 9.16. The van der Waals surface area contributed by atoms with Gasteiger partial charge in [-0.1, -0.05) is 54.2 Å². The Morgan fingerprint density at radius 1 is 1.38 bits per heavy atom. The van der Waals surface area contributed by atoms with Gasteiger partial charge in [0.2, 0.25) is 10.0 Å². The van der Waals surface area contributed by atoms with E-state index in [1.807, 2.05) is 13.8 Å². The maximum Gasteiger partial charge on any atom is 0.252 e. The Kier molecular flexibility index (Phi) is 6.65. The van der Waals surface area contributed by atoms with Gasteiger partial charge in [-0.15, -0.1) is 0 Å². The van der Waals surface area contributed by atoms with Crippen LogP contribution in [0.2, 0.25) is 5.02 Å². The fraction of sp³-hybridized carbons (Fsp3) is 0.462. The Morgan fingerprint density at radius 2 is 1.95 bits per heavy atom. The average Bonchev–Trinajstić information content (AvgIpc) is 2.40. The molecule has 0 aliphatic heterocycles. The minimum absolute atomic E-state index is 0.0843. The Labute approximate surface area is 138 Å². The zero-order chi connectivity index (χ0) is 16.2. The maximum absolute atomic E-state index is 12.2. The van der Waals surface area contributed by atoms with E-state index in [0.29, 0.717) is 16.9 Å². The summed E-state index contributed by atoms with van der Waals surface area (Å²) in [4.78, 5) is 11.9. The molecule has 0 aromatic heterocycles. The number of carbonyl (C=O) groups is 1. The summed E-state index contributed by atoms with van der Waals surface area (Å²) in [6.45, 7) is 4.61. The molecular formula is C13H18BrClN2O3S. The van der Waals surface area contributed by atoms with Gasteiger partial charge >= 0.3 is 0 Å². The molecule has 5 nitrogen and oxygen atoms in total. The topological polar surface area (TPSA) is 89.3 Å². The molecule has 0 saturated carbocycles. The normalized spacial score (nSPS) is 11.7. The third kappa shape index (κ3) is 4.95. The van der Waals surface area contributed by atoms with Crippen LogP contribution in [0.3, 0.4) is 0 Å². The van der Waals surface area contributed by atoms with Gasteiger partial charge in [-0.05, 0) is 18.1 Å². The van der Waals surface area contributed by atoms with Gasteiger partial charge in [-0.25, -0.2) is 13.6 Å². The number of halogens is 2. The molecule has 0 unspecified atom stereocenters. The molecule has 0 aliphatic rings. The van der Waals surface area contributed by atoms with Crippen LogP contribution < -0.4 is 10.5 Å². The van der Waals surface area contributed by atoms with Gasteiger partial charge in [0.15, 0.2) is 0 Å². The second-order valence-electron chi connectivity index (χ2n) is 4.70. The van der Waals surface area contributed by atoms with Gasteiger partial charge in [0.25, 0.3) is 5.91 Å². The molecule has 0 bridgehead atoms. The molecule has 0 saturated heterocycles. The number of hydrogen-bond acceptors (Lipinski definition) is 3. The second-order valence-corrected chi connectivity index (χ2v) is 7.53. The summed E-state index contributed by atoms with van der Waals surface area (Å²) in [5, 5.41) is 7.70. The minimum atomic E-state index is -3.99. The second kappa shape index (κ2) is 7.58. The largest absolute Gasteiger partial charge is 0.352 e. The van der Waals surface area contributed by atoms with Crippen LogP contribution in [0.5, 0.6) is 0 Å². The summed E-state index contributed by atoms with van der Waals surface area (Å²) < 4.78 is 23.4. The maximum atomic E-state index is 12.2. The van der Waals surface area contributed by atoms with Gasteiger partial charge in [0.05, 0.1) is 10.6 Å². The van der Waals surface area contributed by atoms with Crippen molar-refractivity contribution in [3.63, 3.8) is 0 Å². The standard InChI is InChI=1S/C13H18BrClN2O3S/c1-3-8(4-2)7-17-13(18)10-5-9(14)6-11(12(10)15)21(16,19)20/h5-6,8H,3-4,7H2,1-2H3,(H,17,18)(H2,16,19,20). The van der Waals surface area contributed by atoms with E-state index < -0.39 is 15.9 Å². The minimum Gasteiger partial charge on any atom is -0.352 e. The van der Waals surface area contributed by atoms with Crippen molar-refractivity contribution in [1.29, 1.82) is 0 Å². The van der Waals surface area contributed by atoms with Crippen LogP contribution in [-0.4, -0.2) is 20.9 Å². The monoisotopic (exact) mass is 396 g/mol. The SMILES string of the molecule is CCC(CC)CNC(=O)c1cc(Br)cc(S(N)(=O)=O)c1Cl. The molecule has 0 heterocycles. The Hall–Kier alpha value is -0.630. The zero-order valence-corrected chi connectivity index (χ0v) is 15.0. The Morgan fingerprint density at radius 3 is 2.43 bits per heavy atom. The van der Waals surface area contributed by atoms with Crippen LogP contribution in [0.15, 0.2) is 21.5 Å². The average molecular weight is 398 g/mol. The summed E-state index contributed by atoms with van der Waals surface area (Å²) in [6, 6.07) is 2.74. The van der Waals surface area contributed by atoms with Crippen LogP contribution in [0.1, 0.15) is 37.0 Å². The van der Waals surface area contributed by atoms with Gasteiger partial charge in [-0.2, -0.15) is 0 Å². The first-order chi connectivity index (χ1) is 9.70. The van der Waals surface area contributed by atoms with E-state index in [2.05, 4.69) is 21.2 Å². The molecule has 0 radical (unpaired) electrons. The lowest BCUT2D eigenvalue weighted by molar-refractivity contribution is 0.0946. The van der Waals surface area contributed by atoms with Crippen molar-refractivity contribution >= 4 is 43.5 Å². The number of carbonyl (C=O) groups excluding carboxylic acids is 1. The summed E-state index contributed by atoms with van der Waals surface area (Å²) in [5.74, 6) is -0.0457. The van der Waals surface area contributed by atoms with Gasteiger partial charge in [-0.3, -0.25) is 4.79 Å². The number of primary sulfonamides is 1. The van der Waals surface area contributed by atoms with Crippen molar-refractivity contribution in [2.45, 2.75) is 31.6 Å². The van der Waals surface area contributed by atoms with E-state index in [1.54, 1.807) is 0 Å². The highest BCUT2D eigenvalue weighted by molar-refractivity contribution is 9.10. The van der Waals surface area contributed by atoms with Crippen LogP contribution in [0, 0.1) is 5.92 Å². The number of hydrogen-bond donors (Lipinski definition) is 2. The number of benzene rings is 1. The van der Waals surface area contributed by atoms with Crippen molar-refractivity contribution < 1.29 is 13.2 Å². The smallest absolute Gasteiger partial charge is 0.252 e. The molecule has 1 amide bonds. The number of rotatable bonds is 6. The van der Waals surface area contributed by atoms with Crippen molar-refractivity contribution in [2.75, 3.05) is 6.54 Å². The Bertz CT molecular complexity index is 631. The fourth-order valence-electron chi connectivity index (χ4n) is 1.85. The van der Waals surface area contributed by atoms with Crippen molar-refractivity contribution in [3.05, 3.63) is 27.2 Å². The van der Waals surface area contributed by atoms with Gasteiger partial charge in [0, 0.05) is 11.0 Å². The first-order valence-corrected chi connectivity index (χ1v) is 9.22. The highest BCUT2D eigenvalue weighted by Crippen LogP contribution is 2.29. The van der Waals surface area contributed by atoms with E-state index in [4.69, 9.17) is 16.7 Å². The first-order valence-electron chi connectivity index (χ1n) is 6.50. The summed E-state index contributed by atoms with van der Waals surface area (Å²) in [5.41, 5.74) is 0.0843. The van der Waals surface area contributed by atoms with E-state index in [1.165, 1.54) is 12.1 Å². The number of sulfonamides is 1. The van der Waals surface area contributed by atoms with Gasteiger partial charge < -0.3 is 5.32 Å². The molecule has 3 N–H and O–H groups in total. The zero-order valence-electron chi connectivity index (χ0n) is 11.8. The van der Waals surface area contributed by atoms with Crippen LogP contribution >= 0.6 is 27.5 Å². The molecule has 1 aromatic carbocycles. The van der Waals surface area contributed by atoms with E-state index >= 15 is 0 Å². The number of nitrogens with two attached hydrogens (primary N) is 1. The molecule has 1 rings (SSSR count). The van der Waals surface area contributed by atoms with Crippen molar-refractivity contribution in [2.24, 2.45) is 11.1 Å².